The molecule has 0 radical (unpaired) electrons. The number of rotatable bonds is 7. The van der Waals surface area contributed by atoms with Crippen molar-refractivity contribution in [2.24, 2.45) is 0 Å². The van der Waals surface area contributed by atoms with Crippen LogP contribution in [0.1, 0.15) is 15.4 Å². The number of halogens is 1. The number of likely N-dealkylation sites (N-methyl/N-ethyl adjacent to an activating group) is 1. The Kier molecular flexibility index (Phi) is 7.24. The Labute approximate surface area is 214 Å². The van der Waals surface area contributed by atoms with Gasteiger partial charge in [0.05, 0.1) is 12.8 Å². The van der Waals surface area contributed by atoms with E-state index in [0.29, 0.717) is 41.0 Å². The zero-order chi connectivity index (χ0) is 24.4. The van der Waals surface area contributed by atoms with Crippen LogP contribution in [0.5, 0.6) is 11.5 Å². The number of fused-ring (bicyclic) bond motifs is 1. The number of aromatic nitrogens is 1. The van der Waals surface area contributed by atoms with Gasteiger partial charge in [-0.1, -0.05) is 23.7 Å². The zero-order valence-corrected chi connectivity index (χ0v) is 21.6. The number of nitrogens with zero attached hydrogens (tertiary/aromatic N) is 4. The van der Waals surface area contributed by atoms with E-state index in [1.54, 1.807) is 12.0 Å². The number of ether oxygens (including phenoxy) is 2. The maximum atomic E-state index is 13.4. The predicted octanol–water partition coefficient (Wildman–Crippen LogP) is 4.30. The maximum Gasteiger partial charge on any atom is 0.270 e. The molecule has 2 aliphatic rings. The molecule has 35 heavy (non-hydrogen) atoms. The lowest BCUT2D eigenvalue weighted by molar-refractivity contribution is 0.0984. The first-order chi connectivity index (χ1) is 17.0. The summed E-state index contributed by atoms with van der Waals surface area (Å²) in [5.74, 6) is 1.29. The van der Waals surface area contributed by atoms with Crippen LogP contribution < -0.4 is 14.4 Å². The van der Waals surface area contributed by atoms with E-state index in [1.807, 2.05) is 42.5 Å². The third-order valence-corrected chi connectivity index (χ3v) is 7.91. The van der Waals surface area contributed by atoms with Gasteiger partial charge in [-0.3, -0.25) is 9.69 Å². The monoisotopic (exact) mass is 512 g/mol. The highest BCUT2D eigenvalue weighted by molar-refractivity contribution is 7.17. The van der Waals surface area contributed by atoms with Crippen LogP contribution in [0.25, 0.3) is 10.6 Å². The highest BCUT2D eigenvalue weighted by Crippen LogP contribution is 2.36. The summed E-state index contributed by atoms with van der Waals surface area (Å²) in [6.07, 6.45) is 0.705. The van der Waals surface area contributed by atoms with Crippen molar-refractivity contribution in [2.45, 2.75) is 6.42 Å². The number of carbonyl (C=O) groups is 1. The van der Waals surface area contributed by atoms with Gasteiger partial charge in [-0.25, -0.2) is 4.98 Å². The van der Waals surface area contributed by atoms with Crippen LogP contribution in [0.2, 0.25) is 5.02 Å². The maximum absolute atomic E-state index is 13.4. The Morgan fingerprint density at radius 3 is 2.54 bits per heavy atom. The average molecular weight is 513 g/mol. The van der Waals surface area contributed by atoms with Gasteiger partial charge in [-0.15, -0.1) is 11.3 Å². The lowest BCUT2D eigenvalue weighted by atomic mass is 10.1. The third kappa shape index (κ3) is 5.30. The predicted molar refractivity (Wildman–Crippen MR) is 140 cm³/mol. The SMILES string of the molecule is COc1cc(N2CCc3nc(-c4ccc(Cl)cc4)sc3C2=O)ccc1OCCN1CCN(C)CC1. The molecule has 0 saturated carbocycles. The first-order valence-electron chi connectivity index (χ1n) is 11.8. The third-order valence-electron chi connectivity index (χ3n) is 6.52. The second kappa shape index (κ2) is 10.5. The molecule has 3 heterocycles. The van der Waals surface area contributed by atoms with Gasteiger partial charge in [-0.2, -0.15) is 0 Å². The molecule has 2 aliphatic heterocycles. The number of thiazole rings is 1. The van der Waals surface area contributed by atoms with Crippen molar-refractivity contribution >= 4 is 34.5 Å². The molecular weight excluding hydrogens is 484 g/mol. The van der Waals surface area contributed by atoms with Gasteiger partial charge in [-0.05, 0) is 31.3 Å². The summed E-state index contributed by atoms with van der Waals surface area (Å²) in [6.45, 7) is 6.35. The Morgan fingerprint density at radius 2 is 1.80 bits per heavy atom. The Hall–Kier alpha value is -2.65. The van der Waals surface area contributed by atoms with Crippen molar-refractivity contribution in [1.29, 1.82) is 0 Å². The summed E-state index contributed by atoms with van der Waals surface area (Å²) in [6, 6.07) is 13.3. The molecule has 5 rings (SSSR count). The number of piperazine rings is 1. The fraction of sp³-hybridized carbons (Fsp3) is 0.385. The number of benzene rings is 2. The zero-order valence-electron chi connectivity index (χ0n) is 20.0. The smallest absolute Gasteiger partial charge is 0.270 e. The van der Waals surface area contributed by atoms with E-state index >= 15 is 0 Å². The second-order valence-corrected chi connectivity index (χ2v) is 10.3. The van der Waals surface area contributed by atoms with Crippen molar-refractivity contribution in [1.82, 2.24) is 14.8 Å². The van der Waals surface area contributed by atoms with Crippen LogP contribution in [-0.4, -0.2) is 80.7 Å². The van der Waals surface area contributed by atoms with E-state index < -0.39 is 0 Å². The van der Waals surface area contributed by atoms with E-state index in [0.717, 1.165) is 54.7 Å². The quantitative estimate of drug-likeness (QED) is 0.470. The molecule has 1 aromatic heterocycles. The molecule has 0 bridgehead atoms. The topological polar surface area (TPSA) is 58.1 Å². The van der Waals surface area contributed by atoms with Gasteiger partial charge in [0.25, 0.3) is 5.91 Å². The molecule has 3 aromatic rings. The summed E-state index contributed by atoms with van der Waals surface area (Å²) in [7, 11) is 3.78. The molecule has 1 amide bonds. The van der Waals surface area contributed by atoms with Crippen molar-refractivity contribution in [3.8, 4) is 22.1 Å². The lowest BCUT2D eigenvalue weighted by Crippen LogP contribution is -2.45. The molecule has 0 unspecified atom stereocenters. The van der Waals surface area contributed by atoms with Gasteiger partial charge >= 0.3 is 0 Å². The minimum absolute atomic E-state index is 0.0326. The van der Waals surface area contributed by atoms with E-state index in [4.69, 9.17) is 26.1 Å². The summed E-state index contributed by atoms with van der Waals surface area (Å²) >= 11 is 7.44. The Morgan fingerprint density at radius 1 is 1.03 bits per heavy atom. The average Bonchev–Trinajstić information content (AvgIpc) is 3.31. The molecule has 0 atom stereocenters. The van der Waals surface area contributed by atoms with Crippen molar-refractivity contribution < 1.29 is 14.3 Å². The van der Waals surface area contributed by atoms with E-state index in [2.05, 4.69) is 16.8 Å². The Bertz CT molecular complexity index is 1190. The molecule has 1 saturated heterocycles. The van der Waals surface area contributed by atoms with E-state index in [-0.39, 0.29) is 5.91 Å². The van der Waals surface area contributed by atoms with Crippen LogP contribution >= 0.6 is 22.9 Å². The minimum atomic E-state index is -0.0326. The highest BCUT2D eigenvalue weighted by atomic mass is 35.5. The number of hydrogen-bond acceptors (Lipinski definition) is 7. The van der Waals surface area contributed by atoms with Crippen molar-refractivity contribution in [3.63, 3.8) is 0 Å². The molecule has 7 nitrogen and oxygen atoms in total. The van der Waals surface area contributed by atoms with Gasteiger partial charge in [0.2, 0.25) is 0 Å². The second-order valence-electron chi connectivity index (χ2n) is 8.84. The van der Waals surface area contributed by atoms with Gasteiger partial charge < -0.3 is 19.3 Å². The number of anilines is 1. The van der Waals surface area contributed by atoms with Gasteiger partial charge in [0.15, 0.2) is 11.5 Å². The molecule has 0 aliphatic carbocycles. The molecule has 0 N–H and O–H groups in total. The van der Waals surface area contributed by atoms with Crippen LogP contribution in [0.4, 0.5) is 5.69 Å². The summed E-state index contributed by atoms with van der Waals surface area (Å²) in [4.78, 5) is 25.3. The van der Waals surface area contributed by atoms with Gasteiger partial charge in [0, 0.05) is 68.0 Å². The standard InChI is InChI=1S/C26H29ClN4O3S/c1-29-11-13-30(14-12-29)15-16-34-22-8-7-20(17-23(22)33-2)31-10-9-21-24(26(31)32)35-25(28-21)18-3-5-19(27)6-4-18/h3-8,17H,9-16H2,1-2H3. The fourth-order valence-electron chi connectivity index (χ4n) is 4.39. The van der Waals surface area contributed by atoms with Gasteiger partial charge in [0.1, 0.15) is 16.5 Å². The van der Waals surface area contributed by atoms with E-state index in [1.165, 1.54) is 11.3 Å². The van der Waals surface area contributed by atoms with Crippen LogP contribution in [0, 0.1) is 0 Å². The summed E-state index contributed by atoms with van der Waals surface area (Å²) in [5.41, 5.74) is 2.62. The van der Waals surface area contributed by atoms with Crippen LogP contribution in [-0.2, 0) is 6.42 Å². The fourth-order valence-corrected chi connectivity index (χ4v) is 5.58. The molecule has 0 spiro atoms. The number of amides is 1. The first kappa shape index (κ1) is 24.1. The lowest BCUT2D eigenvalue weighted by Gasteiger charge is -2.32. The minimum Gasteiger partial charge on any atom is -0.493 e. The first-order valence-corrected chi connectivity index (χ1v) is 13.0. The summed E-state index contributed by atoms with van der Waals surface area (Å²) < 4.78 is 11.6. The molecule has 2 aromatic carbocycles. The number of hydrogen-bond donors (Lipinski definition) is 0. The molecule has 1 fully saturated rings. The van der Waals surface area contributed by atoms with Crippen LogP contribution in [0.15, 0.2) is 42.5 Å². The van der Waals surface area contributed by atoms with Crippen molar-refractivity contribution in [3.05, 3.63) is 58.1 Å². The highest BCUT2D eigenvalue weighted by Gasteiger charge is 2.30. The Balaban J connectivity index is 1.27. The molecular formula is C26H29ClN4O3S. The molecule has 9 heteroatoms. The van der Waals surface area contributed by atoms with Crippen molar-refractivity contribution in [2.75, 3.05) is 64.9 Å². The largest absolute Gasteiger partial charge is 0.493 e. The molecule has 184 valence electrons. The number of methoxy groups -OCH3 is 1. The normalized spacial score (nSPS) is 16.9. The number of carbonyl (C=O) groups excluding carboxylic acids is 1. The van der Waals surface area contributed by atoms with Crippen LogP contribution in [0.3, 0.4) is 0 Å². The summed E-state index contributed by atoms with van der Waals surface area (Å²) in [5, 5.41) is 1.52. The van der Waals surface area contributed by atoms with E-state index in [9.17, 15) is 4.79 Å².